The molecule has 1 aromatic carbocycles. The van der Waals surface area contributed by atoms with Crippen LogP contribution in [0, 0.1) is 0 Å². The Balaban J connectivity index is 2.48. The third-order valence-corrected chi connectivity index (χ3v) is 2.23. The average Bonchev–Trinajstić information content (AvgIpc) is 2.28. The lowest BCUT2D eigenvalue weighted by atomic mass is 10.1. The molecule has 0 radical (unpaired) electrons. The highest BCUT2D eigenvalue weighted by molar-refractivity contribution is 6.31. The van der Waals surface area contributed by atoms with Crippen LogP contribution >= 0.6 is 11.6 Å². The lowest BCUT2D eigenvalue weighted by molar-refractivity contribution is -0.163. The zero-order chi connectivity index (χ0) is 13.8. The largest absolute Gasteiger partial charge is 0.367 e. The summed E-state index contributed by atoms with van der Waals surface area (Å²) < 4.78 is 52.8. The summed E-state index contributed by atoms with van der Waals surface area (Å²) >= 11 is 5.62. The van der Waals surface area contributed by atoms with Crippen molar-refractivity contribution in [3.05, 3.63) is 34.9 Å². The molecule has 0 atom stereocenters. The van der Waals surface area contributed by atoms with Crippen LogP contribution < -0.4 is 0 Å². The van der Waals surface area contributed by atoms with E-state index >= 15 is 0 Å². The van der Waals surface area contributed by atoms with Crippen molar-refractivity contribution in [2.75, 3.05) is 13.2 Å². The van der Waals surface area contributed by atoms with Gasteiger partial charge in [0.1, 0.15) is 13.2 Å². The molecule has 0 aliphatic rings. The number of halogens is 5. The summed E-state index contributed by atoms with van der Waals surface area (Å²) in [6.07, 6.45) is -3.82. The van der Waals surface area contributed by atoms with Gasteiger partial charge in [-0.05, 0) is 12.1 Å². The van der Waals surface area contributed by atoms with E-state index in [4.69, 9.17) is 11.6 Å². The summed E-state index contributed by atoms with van der Waals surface area (Å²) in [6.45, 7) is -2.21. The molecule has 0 bridgehead atoms. The first kappa shape index (κ1) is 14.9. The van der Waals surface area contributed by atoms with Crippen LogP contribution in [0.15, 0.2) is 24.3 Å². The smallest absolute Gasteiger partial charge is 0.330 e. The monoisotopic (exact) mass is 284 g/mol. The molecule has 0 aromatic heterocycles. The lowest BCUT2D eigenvalue weighted by Gasteiger charge is -2.14. The number of Topliss-reactive ketones (excluding diaryl/α,β-unsaturated/α-hetero) is 1. The fraction of sp³-hybridized carbons (Fsp3) is 0.364. The Morgan fingerprint density at radius 3 is 2.61 bits per heavy atom. The molecule has 0 amide bonds. The second kappa shape index (κ2) is 6.15. The van der Waals surface area contributed by atoms with Crippen LogP contribution in [0.4, 0.5) is 17.6 Å². The Bertz CT molecular complexity index is 423. The second-order valence-corrected chi connectivity index (χ2v) is 3.92. The molecular weight excluding hydrogens is 276 g/mol. The van der Waals surface area contributed by atoms with Crippen LogP contribution in [0.3, 0.4) is 0 Å². The van der Waals surface area contributed by atoms with Crippen LogP contribution in [0.25, 0.3) is 0 Å². The van der Waals surface area contributed by atoms with E-state index in [1.54, 1.807) is 0 Å². The molecule has 7 heteroatoms. The summed E-state index contributed by atoms with van der Waals surface area (Å²) in [5.74, 6) is -4.86. The number of hydrogen-bond donors (Lipinski definition) is 0. The summed E-state index contributed by atoms with van der Waals surface area (Å²) in [5, 5.41) is 0.304. The molecule has 0 aliphatic heterocycles. The molecule has 0 unspecified atom stereocenters. The van der Waals surface area contributed by atoms with Crippen molar-refractivity contribution < 1.29 is 27.1 Å². The number of ether oxygens (including phenoxy) is 1. The van der Waals surface area contributed by atoms with Gasteiger partial charge in [-0.2, -0.15) is 8.78 Å². The number of carbonyl (C=O) groups is 1. The Kier molecular flexibility index (Phi) is 5.10. The van der Waals surface area contributed by atoms with Crippen molar-refractivity contribution in [2.45, 2.75) is 12.3 Å². The van der Waals surface area contributed by atoms with E-state index in [1.807, 2.05) is 0 Å². The fourth-order valence-electron chi connectivity index (χ4n) is 1.09. The number of alkyl halides is 4. The van der Waals surface area contributed by atoms with Gasteiger partial charge in [0, 0.05) is 10.6 Å². The second-order valence-electron chi connectivity index (χ2n) is 3.49. The molecule has 100 valence electrons. The van der Waals surface area contributed by atoms with E-state index in [2.05, 4.69) is 4.74 Å². The third-order valence-electron chi connectivity index (χ3n) is 1.99. The average molecular weight is 285 g/mol. The maximum atomic E-state index is 12.5. The number of hydrogen-bond acceptors (Lipinski definition) is 2. The molecule has 0 heterocycles. The zero-order valence-corrected chi connectivity index (χ0v) is 9.76. The van der Waals surface area contributed by atoms with Gasteiger partial charge >= 0.3 is 12.3 Å². The molecule has 0 saturated carbocycles. The minimum absolute atomic E-state index is 0.169. The van der Waals surface area contributed by atoms with Gasteiger partial charge in [-0.15, -0.1) is 0 Å². The molecule has 1 rings (SSSR count). The van der Waals surface area contributed by atoms with E-state index < -0.39 is 31.3 Å². The van der Waals surface area contributed by atoms with Crippen LogP contribution in [-0.2, 0) is 4.74 Å². The zero-order valence-electron chi connectivity index (χ0n) is 9.01. The maximum Gasteiger partial charge on any atom is 0.330 e. The van der Waals surface area contributed by atoms with Crippen molar-refractivity contribution in [3.63, 3.8) is 0 Å². The normalized spacial score (nSPS) is 11.9. The third kappa shape index (κ3) is 4.27. The minimum atomic E-state index is -4.26. The van der Waals surface area contributed by atoms with E-state index in [0.717, 1.165) is 0 Å². The van der Waals surface area contributed by atoms with Crippen molar-refractivity contribution in [1.29, 1.82) is 0 Å². The van der Waals surface area contributed by atoms with E-state index in [1.165, 1.54) is 24.3 Å². The molecule has 0 aliphatic carbocycles. The highest BCUT2D eigenvalue weighted by Gasteiger charge is 2.41. The molecule has 1 aromatic rings. The quantitative estimate of drug-likeness (QED) is 0.591. The molecule has 2 nitrogen and oxygen atoms in total. The van der Waals surface area contributed by atoms with Gasteiger partial charge in [0.05, 0.1) is 0 Å². The van der Waals surface area contributed by atoms with Gasteiger partial charge in [0.15, 0.2) is 5.78 Å². The topological polar surface area (TPSA) is 26.3 Å². The van der Waals surface area contributed by atoms with E-state index in [-0.39, 0.29) is 5.56 Å². The minimum Gasteiger partial charge on any atom is -0.367 e. The van der Waals surface area contributed by atoms with Crippen LogP contribution in [0.5, 0.6) is 0 Å². The fourth-order valence-corrected chi connectivity index (χ4v) is 1.28. The molecule has 0 N–H and O–H groups in total. The predicted octanol–water partition coefficient (Wildman–Crippen LogP) is 3.44. The van der Waals surface area contributed by atoms with Crippen molar-refractivity contribution in [2.24, 2.45) is 0 Å². The Morgan fingerprint density at radius 2 is 2.06 bits per heavy atom. The van der Waals surface area contributed by atoms with Crippen molar-refractivity contribution >= 4 is 17.4 Å². The highest BCUT2D eigenvalue weighted by atomic mass is 35.5. The molecule has 0 fully saturated rings. The summed E-state index contributed by atoms with van der Waals surface area (Å²) in [4.78, 5) is 11.4. The van der Waals surface area contributed by atoms with Crippen molar-refractivity contribution in [3.8, 4) is 0 Å². The van der Waals surface area contributed by atoms with Gasteiger partial charge in [0.2, 0.25) is 0 Å². The number of ketones is 1. The summed E-state index contributed by atoms with van der Waals surface area (Å²) in [6, 6.07) is 5.79. The van der Waals surface area contributed by atoms with Gasteiger partial charge in [-0.3, -0.25) is 4.79 Å². The Hall–Kier alpha value is -1.14. The number of benzene rings is 1. The number of rotatable bonds is 6. The molecule has 0 spiro atoms. The molecular formula is C11H9ClF4O2. The highest BCUT2D eigenvalue weighted by Crippen LogP contribution is 2.22. The van der Waals surface area contributed by atoms with Crippen LogP contribution in [0.2, 0.25) is 5.02 Å². The molecule has 18 heavy (non-hydrogen) atoms. The van der Waals surface area contributed by atoms with E-state index in [9.17, 15) is 22.4 Å². The van der Waals surface area contributed by atoms with Gasteiger partial charge < -0.3 is 4.74 Å². The van der Waals surface area contributed by atoms with E-state index in [0.29, 0.717) is 5.02 Å². The number of carbonyl (C=O) groups excluding carboxylic acids is 1. The Morgan fingerprint density at radius 1 is 1.39 bits per heavy atom. The van der Waals surface area contributed by atoms with Crippen LogP contribution in [0.1, 0.15) is 10.4 Å². The van der Waals surface area contributed by atoms with Gasteiger partial charge in [0.25, 0.3) is 0 Å². The lowest BCUT2D eigenvalue weighted by Crippen LogP contribution is -2.33. The first-order valence-electron chi connectivity index (χ1n) is 4.85. The predicted molar refractivity (Wildman–Crippen MR) is 57.6 cm³/mol. The molecule has 0 saturated heterocycles. The van der Waals surface area contributed by atoms with Gasteiger partial charge in [-0.25, -0.2) is 8.78 Å². The summed E-state index contributed by atoms with van der Waals surface area (Å²) in [5.41, 5.74) is 0.169. The summed E-state index contributed by atoms with van der Waals surface area (Å²) in [7, 11) is 0. The van der Waals surface area contributed by atoms with Crippen LogP contribution in [-0.4, -0.2) is 31.3 Å². The SMILES string of the molecule is O=C(COCC(F)(F)C(F)F)c1cccc(Cl)c1. The van der Waals surface area contributed by atoms with Gasteiger partial charge in [-0.1, -0.05) is 23.7 Å². The van der Waals surface area contributed by atoms with Crippen molar-refractivity contribution in [1.82, 2.24) is 0 Å². The Labute approximate surface area is 105 Å². The first-order chi connectivity index (χ1) is 8.33. The first-order valence-corrected chi connectivity index (χ1v) is 5.23. The standard InChI is InChI=1S/C11H9ClF4O2/c12-8-3-1-2-7(4-8)9(17)5-18-6-11(15,16)10(13)14/h1-4,10H,5-6H2. The maximum absolute atomic E-state index is 12.5.